The molecule has 1 unspecified atom stereocenters. The zero-order valence-corrected chi connectivity index (χ0v) is 15.7. The highest BCUT2D eigenvalue weighted by Gasteiger charge is 2.20. The standard InChI is InChI=1S/C15H28O5.C4H8/c1-2-3-4-5-6-7-8-10-20-11-9-13(15(18)19)12-14(16)17;1-4(2)3/h13H,2-12H2,1H3,(H,16,17)(H,18,19);1H2,2-3H3. The SMILES string of the molecule is C=C(C)C.CCCCCCCCCOCCC(CC(=O)O)C(=O)O. The molecular formula is C19H36O5. The van der Waals surface area contributed by atoms with Gasteiger partial charge in [-0.2, -0.15) is 0 Å². The molecule has 0 aromatic heterocycles. The number of ether oxygens (including phenoxy) is 1. The fourth-order valence-corrected chi connectivity index (χ4v) is 2.01. The smallest absolute Gasteiger partial charge is 0.307 e. The van der Waals surface area contributed by atoms with E-state index in [2.05, 4.69) is 13.5 Å². The van der Waals surface area contributed by atoms with Crippen LogP contribution in [0.2, 0.25) is 0 Å². The molecule has 0 aromatic carbocycles. The number of hydrogen-bond donors (Lipinski definition) is 2. The van der Waals surface area contributed by atoms with Crippen molar-refractivity contribution in [3.63, 3.8) is 0 Å². The van der Waals surface area contributed by atoms with E-state index in [1.165, 1.54) is 37.7 Å². The number of carboxylic acids is 2. The van der Waals surface area contributed by atoms with E-state index in [1.54, 1.807) is 0 Å². The van der Waals surface area contributed by atoms with Gasteiger partial charge in [-0.3, -0.25) is 9.59 Å². The lowest BCUT2D eigenvalue weighted by Gasteiger charge is -2.10. The lowest BCUT2D eigenvalue weighted by Crippen LogP contribution is -2.19. The van der Waals surface area contributed by atoms with E-state index in [-0.39, 0.29) is 12.8 Å². The lowest BCUT2D eigenvalue weighted by atomic mass is 10.0. The molecule has 0 saturated heterocycles. The van der Waals surface area contributed by atoms with Gasteiger partial charge in [0.25, 0.3) is 0 Å². The monoisotopic (exact) mass is 344 g/mol. The second kappa shape index (κ2) is 18.0. The summed E-state index contributed by atoms with van der Waals surface area (Å²) in [5.74, 6) is -2.99. The molecule has 0 aromatic rings. The van der Waals surface area contributed by atoms with Crippen LogP contribution in [0.4, 0.5) is 0 Å². The summed E-state index contributed by atoms with van der Waals surface area (Å²) < 4.78 is 5.37. The van der Waals surface area contributed by atoms with Crippen molar-refractivity contribution in [3.05, 3.63) is 12.2 Å². The summed E-state index contributed by atoms with van der Waals surface area (Å²) in [5, 5.41) is 17.4. The molecule has 0 fully saturated rings. The van der Waals surface area contributed by atoms with Gasteiger partial charge in [0.1, 0.15) is 0 Å². The van der Waals surface area contributed by atoms with Crippen LogP contribution in [-0.4, -0.2) is 35.4 Å². The molecule has 0 amide bonds. The second-order valence-corrected chi connectivity index (χ2v) is 6.36. The summed E-state index contributed by atoms with van der Waals surface area (Å²) in [7, 11) is 0. The average molecular weight is 344 g/mol. The first kappa shape index (κ1) is 24.9. The summed E-state index contributed by atoms with van der Waals surface area (Å²) in [6, 6.07) is 0. The van der Waals surface area contributed by atoms with Crippen LogP contribution in [0.1, 0.15) is 78.6 Å². The molecular weight excluding hydrogens is 308 g/mol. The predicted molar refractivity (Wildman–Crippen MR) is 97.3 cm³/mol. The Morgan fingerprint density at radius 3 is 1.92 bits per heavy atom. The zero-order chi connectivity index (χ0) is 18.8. The summed E-state index contributed by atoms with van der Waals surface area (Å²) in [6.07, 6.45) is 8.40. The van der Waals surface area contributed by atoms with Crippen LogP contribution in [0.5, 0.6) is 0 Å². The molecule has 0 aliphatic heterocycles. The highest BCUT2D eigenvalue weighted by atomic mass is 16.5. The fraction of sp³-hybridized carbons (Fsp3) is 0.789. The second-order valence-electron chi connectivity index (χ2n) is 6.36. The van der Waals surface area contributed by atoms with Gasteiger partial charge in [0, 0.05) is 13.2 Å². The molecule has 0 spiro atoms. The molecule has 24 heavy (non-hydrogen) atoms. The van der Waals surface area contributed by atoms with Crippen LogP contribution in [0.3, 0.4) is 0 Å². The molecule has 142 valence electrons. The molecule has 0 saturated carbocycles. The quantitative estimate of drug-likeness (QED) is 0.346. The largest absolute Gasteiger partial charge is 0.481 e. The first-order valence-electron chi connectivity index (χ1n) is 8.95. The fourth-order valence-electron chi connectivity index (χ4n) is 2.01. The Hall–Kier alpha value is -1.36. The van der Waals surface area contributed by atoms with E-state index in [0.717, 1.165) is 12.8 Å². The Morgan fingerprint density at radius 2 is 1.46 bits per heavy atom. The van der Waals surface area contributed by atoms with Crippen LogP contribution < -0.4 is 0 Å². The van der Waals surface area contributed by atoms with Crippen molar-refractivity contribution in [2.24, 2.45) is 5.92 Å². The van der Waals surface area contributed by atoms with Gasteiger partial charge in [0.15, 0.2) is 0 Å². The third kappa shape index (κ3) is 22.9. The number of unbranched alkanes of at least 4 members (excludes halogenated alkanes) is 6. The molecule has 0 rings (SSSR count). The minimum Gasteiger partial charge on any atom is -0.481 e. The normalized spacial score (nSPS) is 11.3. The van der Waals surface area contributed by atoms with Crippen LogP contribution in [-0.2, 0) is 14.3 Å². The number of carboxylic acid groups (broad SMARTS) is 2. The minimum atomic E-state index is -1.08. The molecule has 5 nitrogen and oxygen atoms in total. The van der Waals surface area contributed by atoms with E-state index in [0.29, 0.717) is 13.2 Å². The molecule has 2 N–H and O–H groups in total. The Balaban J connectivity index is 0. The number of hydrogen-bond acceptors (Lipinski definition) is 3. The number of aliphatic carboxylic acids is 2. The van der Waals surface area contributed by atoms with Crippen LogP contribution in [0.25, 0.3) is 0 Å². The van der Waals surface area contributed by atoms with Gasteiger partial charge in [-0.1, -0.05) is 51.0 Å². The average Bonchev–Trinajstić information content (AvgIpc) is 2.46. The van der Waals surface area contributed by atoms with Gasteiger partial charge in [-0.05, 0) is 26.7 Å². The number of rotatable bonds is 14. The highest BCUT2D eigenvalue weighted by molar-refractivity contribution is 5.77. The van der Waals surface area contributed by atoms with Gasteiger partial charge in [0.2, 0.25) is 0 Å². The van der Waals surface area contributed by atoms with Crippen molar-refractivity contribution in [1.29, 1.82) is 0 Å². The van der Waals surface area contributed by atoms with E-state index in [4.69, 9.17) is 14.9 Å². The minimum absolute atomic E-state index is 0.262. The van der Waals surface area contributed by atoms with Crippen LogP contribution in [0, 0.1) is 5.92 Å². The Morgan fingerprint density at radius 1 is 0.958 bits per heavy atom. The van der Waals surface area contributed by atoms with Crippen molar-refractivity contribution >= 4 is 11.9 Å². The first-order valence-corrected chi connectivity index (χ1v) is 8.95. The van der Waals surface area contributed by atoms with Gasteiger partial charge in [-0.15, -0.1) is 6.58 Å². The maximum absolute atomic E-state index is 10.8. The topological polar surface area (TPSA) is 83.8 Å². The van der Waals surface area contributed by atoms with Crippen molar-refractivity contribution in [1.82, 2.24) is 0 Å². The Labute approximate surface area is 147 Å². The first-order chi connectivity index (χ1) is 11.3. The molecule has 0 heterocycles. The number of carbonyl (C=O) groups is 2. The maximum atomic E-state index is 10.8. The van der Waals surface area contributed by atoms with E-state index >= 15 is 0 Å². The van der Waals surface area contributed by atoms with Crippen LogP contribution in [0.15, 0.2) is 12.2 Å². The molecule has 0 radical (unpaired) electrons. The predicted octanol–water partition coefficient (Wildman–Crippen LogP) is 4.90. The summed E-state index contributed by atoms with van der Waals surface area (Å²) >= 11 is 0. The molecule has 0 bridgehead atoms. The molecule has 0 aliphatic carbocycles. The number of allylic oxidation sites excluding steroid dienone is 1. The van der Waals surface area contributed by atoms with Crippen molar-refractivity contribution in [3.8, 4) is 0 Å². The van der Waals surface area contributed by atoms with Gasteiger partial charge < -0.3 is 14.9 Å². The van der Waals surface area contributed by atoms with Gasteiger partial charge >= 0.3 is 11.9 Å². The Bertz CT molecular complexity index is 335. The van der Waals surface area contributed by atoms with E-state index < -0.39 is 17.9 Å². The van der Waals surface area contributed by atoms with Crippen LogP contribution >= 0.6 is 0 Å². The van der Waals surface area contributed by atoms with Gasteiger partial charge in [-0.25, -0.2) is 0 Å². The third-order valence-electron chi connectivity index (χ3n) is 3.27. The van der Waals surface area contributed by atoms with Crippen molar-refractivity contribution < 1.29 is 24.5 Å². The van der Waals surface area contributed by atoms with E-state index in [1.807, 2.05) is 13.8 Å². The van der Waals surface area contributed by atoms with Gasteiger partial charge in [0.05, 0.1) is 12.3 Å². The summed E-state index contributed by atoms with van der Waals surface area (Å²) in [5.41, 5.74) is 1.17. The molecule has 0 aliphatic rings. The van der Waals surface area contributed by atoms with E-state index in [9.17, 15) is 9.59 Å². The molecule has 5 heteroatoms. The third-order valence-corrected chi connectivity index (χ3v) is 3.27. The van der Waals surface area contributed by atoms with Crippen molar-refractivity contribution in [2.75, 3.05) is 13.2 Å². The maximum Gasteiger partial charge on any atom is 0.307 e. The summed E-state index contributed by atoms with van der Waals surface area (Å²) in [6.45, 7) is 10.6. The van der Waals surface area contributed by atoms with Crippen molar-refractivity contribution in [2.45, 2.75) is 78.6 Å². The highest BCUT2D eigenvalue weighted by Crippen LogP contribution is 2.10. The zero-order valence-electron chi connectivity index (χ0n) is 15.7. The summed E-state index contributed by atoms with van der Waals surface area (Å²) in [4.78, 5) is 21.3. The lowest BCUT2D eigenvalue weighted by molar-refractivity contribution is -0.148. The Kier molecular flexibility index (Phi) is 18.7. The molecule has 1 atom stereocenters.